The van der Waals surface area contributed by atoms with Crippen LogP contribution in [0.5, 0.6) is 0 Å². The van der Waals surface area contributed by atoms with Gasteiger partial charge < -0.3 is 0 Å². The van der Waals surface area contributed by atoms with Gasteiger partial charge in [-0.2, -0.15) is 0 Å². The number of halogens is 1. The number of benzene rings is 1. The zero-order chi connectivity index (χ0) is 8.69. The molecule has 0 aliphatic rings. The first-order valence-corrected chi connectivity index (χ1v) is 4.76. The van der Waals surface area contributed by atoms with Crippen molar-refractivity contribution in [3.8, 4) is 0 Å². The van der Waals surface area contributed by atoms with E-state index in [0.29, 0.717) is 0 Å². The SMILES string of the molecule is Brc1ccccc1.N[SH](=O)=O. The first kappa shape index (κ1) is 10.6. The predicted octanol–water partition coefficient (Wildman–Crippen LogP) is 0.921. The van der Waals surface area contributed by atoms with Gasteiger partial charge in [0.1, 0.15) is 0 Å². The minimum Gasteiger partial charge on any atom is -0.231 e. The van der Waals surface area contributed by atoms with Gasteiger partial charge in [0.25, 0.3) is 0 Å². The molecule has 5 heteroatoms. The van der Waals surface area contributed by atoms with Gasteiger partial charge in [-0.25, -0.2) is 13.6 Å². The third kappa shape index (κ3) is 9.61. The van der Waals surface area contributed by atoms with Crippen LogP contribution in [0.25, 0.3) is 0 Å². The van der Waals surface area contributed by atoms with Gasteiger partial charge in [0.2, 0.25) is 0 Å². The molecule has 0 bridgehead atoms. The van der Waals surface area contributed by atoms with Crippen molar-refractivity contribution >= 4 is 26.8 Å². The minimum atomic E-state index is -2.62. The molecule has 0 unspecified atom stereocenters. The second kappa shape index (κ2) is 6.33. The Labute approximate surface area is 75.4 Å². The molecule has 0 amide bonds. The summed E-state index contributed by atoms with van der Waals surface area (Å²) in [5.74, 6) is 0. The molecule has 0 aliphatic heterocycles. The van der Waals surface area contributed by atoms with Crippen molar-refractivity contribution < 1.29 is 8.42 Å². The maximum atomic E-state index is 8.81. The summed E-state index contributed by atoms with van der Waals surface area (Å²) in [6.45, 7) is 0. The van der Waals surface area contributed by atoms with Gasteiger partial charge in [-0.15, -0.1) is 0 Å². The van der Waals surface area contributed by atoms with Crippen LogP contribution in [0.1, 0.15) is 0 Å². The van der Waals surface area contributed by atoms with Crippen molar-refractivity contribution in [3.63, 3.8) is 0 Å². The van der Waals surface area contributed by atoms with E-state index in [1.807, 2.05) is 30.3 Å². The molecule has 3 nitrogen and oxygen atoms in total. The van der Waals surface area contributed by atoms with Crippen LogP contribution in [-0.4, -0.2) is 8.42 Å². The van der Waals surface area contributed by atoms with Gasteiger partial charge in [-0.05, 0) is 12.1 Å². The van der Waals surface area contributed by atoms with Crippen LogP contribution in [0.2, 0.25) is 0 Å². The summed E-state index contributed by atoms with van der Waals surface area (Å²) in [4.78, 5) is 0. The highest BCUT2D eigenvalue weighted by Crippen LogP contribution is 2.05. The average Bonchev–Trinajstić information content (AvgIpc) is 1.87. The Morgan fingerprint density at radius 2 is 1.55 bits per heavy atom. The topological polar surface area (TPSA) is 60.2 Å². The lowest BCUT2D eigenvalue weighted by molar-refractivity contribution is 0.616. The van der Waals surface area contributed by atoms with Gasteiger partial charge in [-0.1, -0.05) is 34.1 Å². The summed E-state index contributed by atoms with van der Waals surface area (Å²) in [5.41, 5.74) is 0. The van der Waals surface area contributed by atoms with E-state index in [0.717, 1.165) is 4.47 Å². The fourth-order valence-electron chi connectivity index (χ4n) is 0.415. The van der Waals surface area contributed by atoms with Crippen molar-refractivity contribution in [3.05, 3.63) is 34.8 Å². The van der Waals surface area contributed by atoms with Crippen molar-refractivity contribution in [2.75, 3.05) is 0 Å². The molecule has 1 aromatic rings. The Balaban J connectivity index is 0.000000218. The Morgan fingerprint density at radius 1 is 1.18 bits per heavy atom. The van der Waals surface area contributed by atoms with E-state index in [1.165, 1.54) is 0 Å². The average molecular weight is 238 g/mol. The highest BCUT2D eigenvalue weighted by atomic mass is 79.9. The molecule has 0 atom stereocenters. The Hall–Kier alpha value is -0.390. The first-order valence-electron chi connectivity index (χ1n) is 2.72. The summed E-state index contributed by atoms with van der Waals surface area (Å²) in [5, 5.41) is 4.06. The van der Waals surface area contributed by atoms with E-state index in [2.05, 4.69) is 21.1 Å². The van der Waals surface area contributed by atoms with E-state index in [-0.39, 0.29) is 0 Å². The van der Waals surface area contributed by atoms with Crippen molar-refractivity contribution in [2.24, 2.45) is 5.14 Å². The van der Waals surface area contributed by atoms with E-state index in [9.17, 15) is 0 Å². The molecule has 1 aromatic carbocycles. The van der Waals surface area contributed by atoms with Crippen LogP contribution in [0.15, 0.2) is 34.8 Å². The zero-order valence-corrected chi connectivity index (χ0v) is 8.09. The molecule has 0 aromatic heterocycles. The molecule has 0 fully saturated rings. The zero-order valence-electron chi connectivity index (χ0n) is 5.61. The molecular formula is C6H8BrNO2S. The van der Waals surface area contributed by atoms with Crippen molar-refractivity contribution in [1.82, 2.24) is 0 Å². The number of thiol groups is 1. The molecule has 0 saturated heterocycles. The second-order valence-electron chi connectivity index (χ2n) is 1.58. The summed E-state index contributed by atoms with van der Waals surface area (Å²) in [7, 11) is -2.62. The minimum absolute atomic E-state index is 1.13. The van der Waals surface area contributed by atoms with Gasteiger partial charge in [0, 0.05) is 4.47 Å². The van der Waals surface area contributed by atoms with E-state index in [4.69, 9.17) is 8.42 Å². The summed E-state index contributed by atoms with van der Waals surface area (Å²) in [6, 6.07) is 9.97. The largest absolute Gasteiger partial charge is 0.231 e. The number of rotatable bonds is 0. The fraction of sp³-hybridized carbons (Fsp3) is 0. The molecule has 0 aliphatic carbocycles. The summed E-state index contributed by atoms with van der Waals surface area (Å²) < 4.78 is 18.8. The van der Waals surface area contributed by atoms with Gasteiger partial charge >= 0.3 is 0 Å². The van der Waals surface area contributed by atoms with Gasteiger partial charge in [-0.3, -0.25) is 0 Å². The van der Waals surface area contributed by atoms with Gasteiger partial charge in [0.05, 0.1) is 0 Å². The lowest BCUT2D eigenvalue weighted by Gasteiger charge is -1.80. The first-order chi connectivity index (χ1) is 5.13. The molecule has 0 spiro atoms. The standard InChI is InChI=1S/C6H5Br.H3NO2S/c7-6-4-2-1-3-5-6;1-4(2)3/h1-5H;4H,(H2,1,2,3). The van der Waals surface area contributed by atoms with E-state index < -0.39 is 10.9 Å². The Kier molecular flexibility index (Phi) is 6.10. The second-order valence-corrected chi connectivity index (χ2v) is 3.07. The molecule has 0 heterocycles. The van der Waals surface area contributed by atoms with E-state index in [1.54, 1.807) is 0 Å². The van der Waals surface area contributed by atoms with Crippen LogP contribution in [-0.2, 0) is 10.9 Å². The third-order valence-electron chi connectivity index (χ3n) is 0.733. The molecule has 0 saturated carbocycles. The molecule has 0 radical (unpaired) electrons. The maximum Gasteiger partial charge on any atom is 0.198 e. The predicted molar refractivity (Wildman–Crippen MR) is 48.6 cm³/mol. The van der Waals surface area contributed by atoms with Crippen LogP contribution >= 0.6 is 15.9 Å². The third-order valence-corrected chi connectivity index (χ3v) is 1.26. The normalized spacial score (nSPS) is 8.64. The van der Waals surface area contributed by atoms with Crippen molar-refractivity contribution in [2.45, 2.75) is 0 Å². The summed E-state index contributed by atoms with van der Waals surface area (Å²) >= 11 is 3.31. The lowest BCUT2D eigenvalue weighted by atomic mass is 10.4. The van der Waals surface area contributed by atoms with Crippen LogP contribution < -0.4 is 5.14 Å². The summed E-state index contributed by atoms with van der Waals surface area (Å²) in [6.07, 6.45) is 0. The molecule has 2 N–H and O–H groups in total. The molecule has 1 rings (SSSR count). The quantitative estimate of drug-likeness (QED) is 0.660. The van der Waals surface area contributed by atoms with Crippen LogP contribution in [0, 0.1) is 0 Å². The Bertz CT molecular complexity index is 253. The highest BCUT2D eigenvalue weighted by Gasteiger charge is 1.74. The highest BCUT2D eigenvalue weighted by molar-refractivity contribution is 9.10. The molecular weight excluding hydrogens is 230 g/mol. The number of hydrogen-bond acceptors (Lipinski definition) is 2. The molecule has 62 valence electrons. The monoisotopic (exact) mass is 237 g/mol. The molecule has 11 heavy (non-hydrogen) atoms. The fourth-order valence-corrected chi connectivity index (χ4v) is 0.720. The van der Waals surface area contributed by atoms with Crippen LogP contribution in [0.3, 0.4) is 0 Å². The van der Waals surface area contributed by atoms with Gasteiger partial charge in [0.15, 0.2) is 10.9 Å². The van der Waals surface area contributed by atoms with Crippen LogP contribution in [0.4, 0.5) is 0 Å². The number of hydrogen-bond donors (Lipinski definition) is 2. The van der Waals surface area contributed by atoms with E-state index >= 15 is 0 Å². The Morgan fingerprint density at radius 3 is 1.73 bits per heavy atom. The smallest absolute Gasteiger partial charge is 0.198 e. The number of nitrogens with two attached hydrogens (primary N) is 1. The lowest BCUT2D eigenvalue weighted by Crippen LogP contribution is -1.85. The maximum absolute atomic E-state index is 8.81. The van der Waals surface area contributed by atoms with Crippen molar-refractivity contribution in [1.29, 1.82) is 0 Å².